The smallest absolute Gasteiger partial charge is 0.316 e. The summed E-state index contributed by atoms with van der Waals surface area (Å²) >= 11 is 0. The molecule has 13 heteroatoms. The van der Waals surface area contributed by atoms with Crippen LogP contribution in [0.1, 0.15) is 69.7 Å². The van der Waals surface area contributed by atoms with Crippen molar-refractivity contribution in [3.63, 3.8) is 0 Å². The van der Waals surface area contributed by atoms with E-state index in [1.807, 2.05) is 37.3 Å². The van der Waals surface area contributed by atoms with Crippen molar-refractivity contribution in [2.24, 2.45) is 11.3 Å². The van der Waals surface area contributed by atoms with E-state index >= 15 is 0 Å². The van der Waals surface area contributed by atoms with Crippen molar-refractivity contribution in [3.8, 4) is 0 Å². The summed E-state index contributed by atoms with van der Waals surface area (Å²) in [6.45, 7) is 3.77. The first-order valence-electron chi connectivity index (χ1n) is 15.6. The van der Waals surface area contributed by atoms with E-state index in [2.05, 4.69) is 16.1 Å². The van der Waals surface area contributed by atoms with Crippen LogP contribution in [0, 0.1) is 11.3 Å². The number of amides is 3. The van der Waals surface area contributed by atoms with Crippen molar-refractivity contribution in [2.45, 2.75) is 76.6 Å². The second kappa shape index (κ2) is 12.2. The molecule has 3 aliphatic heterocycles. The van der Waals surface area contributed by atoms with Crippen molar-refractivity contribution >= 4 is 50.5 Å². The molecule has 2 saturated heterocycles. The van der Waals surface area contributed by atoms with Crippen LogP contribution >= 0.6 is 0 Å². The Bertz CT molecular complexity index is 1660. The number of fused-ring (bicyclic) bond motifs is 4. The Hall–Kier alpha value is -3.84. The van der Waals surface area contributed by atoms with E-state index in [0.717, 1.165) is 10.9 Å². The van der Waals surface area contributed by atoms with Gasteiger partial charge >= 0.3 is 5.97 Å². The molecule has 1 unspecified atom stereocenters. The Morgan fingerprint density at radius 1 is 0.933 bits per heavy atom. The van der Waals surface area contributed by atoms with Gasteiger partial charge in [-0.2, -0.15) is 0 Å². The number of hydrazine groups is 1. The third-order valence-corrected chi connectivity index (χ3v) is 11.0. The number of ether oxygens (including phenoxy) is 1. The summed E-state index contributed by atoms with van der Waals surface area (Å²) in [7, 11) is -3.31. The van der Waals surface area contributed by atoms with Crippen LogP contribution in [-0.2, 0) is 33.8 Å². The van der Waals surface area contributed by atoms with Crippen molar-refractivity contribution < 1.29 is 32.3 Å². The SMILES string of the molecule is C[C@@H]1NC(=O)C(C2CC2)OC(=O)C2(/C=C/c3ccc4ccc(nc4c3)[C@@H](C)NC(=O)[C@@H]3CCCN(N3)C1=O)CCS(=O)(=O)CC2. The number of pyridine rings is 1. The summed E-state index contributed by atoms with van der Waals surface area (Å²) < 4.78 is 30.6. The molecule has 12 nitrogen and oxygen atoms in total. The van der Waals surface area contributed by atoms with Gasteiger partial charge in [-0.1, -0.05) is 30.4 Å². The lowest BCUT2D eigenvalue weighted by molar-refractivity contribution is -0.165. The van der Waals surface area contributed by atoms with E-state index in [1.165, 1.54) is 5.01 Å². The van der Waals surface area contributed by atoms with Crippen LogP contribution < -0.4 is 16.1 Å². The van der Waals surface area contributed by atoms with Crippen LogP contribution in [0.3, 0.4) is 0 Å². The molecular formula is C32H39N5O7S. The highest BCUT2D eigenvalue weighted by Crippen LogP contribution is 2.40. The summed E-state index contributed by atoms with van der Waals surface area (Å²) in [5, 5.41) is 7.97. The zero-order valence-electron chi connectivity index (χ0n) is 25.5. The van der Waals surface area contributed by atoms with Gasteiger partial charge in [0.15, 0.2) is 6.10 Å². The van der Waals surface area contributed by atoms with Gasteiger partial charge in [0.1, 0.15) is 21.9 Å². The normalized spacial score (nSPS) is 30.0. The summed E-state index contributed by atoms with van der Waals surface area (Å²) in [6.07, 6.45) is 4.95. The molecule has 45 heavy (non-hydrogen) atoms. The first kappa shape index (κ1) is 31.2. The first-order chi connectivity index (χ1) is 21.4. The highest BCUT2D eigenvalue weighted by Gasteiger charge is 2.47. The van der Waals surface area contributed by atoms with Gasteiger partial charge in [-0.25, -0.2) is 13.8 Å². The largest absolute Gasteiger partial charge is 0.451 e. The Morgan fingerprint density at radius 2 is 1.64 bits per heavy atom. The van der Waals surface area contributed by atoms with Crippen molar-refractivity contribution in [1.29, 1.82) is 0 Å². The molecule has 4 atom stereocenters. The lowest BCUT2D eigenvalue weighted by atomic mass is 9.81. The van der Waals surface area contributed by atoms with Crippen LogP contribution in [0.5, 0.6) is 0 Å². The maximum Gasteiger partial charge on any atom is 0.316 e. The predicted octanol–water partition coefficient (Wildman–Crippen LogP) is 1.96. The molecular weight excluding hydrogens is 598 g/mol. The number of hydrogen-bond acceptors (Lipinski definition) is 9. The number of carbonyl (C=O) groups excluding carboxylic acids is 4. The first-order valence-corrected chi connectivity index (χ1v) is 17.4. The van der Waals surface area contributed by atoms with Crippen LogP contribution in [0.4, 0.5) is 0 Å². The quantitative estimate of drug-likeness (QED) is 0.397. The lowest BCUT2D eigenvalue weighted by Gasteiger charge is -2.35. The average Bonchev–Trinajstić information content (AvgIpc) is 3.87. The summed E-state index contributed by atoms with van der Waals surface area (Å²) in [4.78, 5) is 58.7. The fourth-order valence-corrected chi connectivity index (χ4v) is 7.76. The molecule has 1 saturated carbocycles. The van der Waals surface area contributed by atoms with Gasteiger partial charge < -0.3 is 15.4 Å². The lowest BCUT2D eigenvalue weighted by Crippen LogP contribution is -2.61. The topological polar surface area (TPSA) is 164 Å². The second-order valence-corrected chi connectivity index (χ2v) is 15.1. The predicted molar refractivity (Wildman–Crippen MR) is 166 cm³/mol. The van der Waals surface area contributed by atoms with Gasteiger partial charge in [-0.15, -0.1) is 0 Å². The average molecular weight is 638 g/mol. The Morgan fingerprint density at radius 3 is 2.38 bits per heavy atom. The molecule has 1 spiro atoms. The molecule has 240 valence electrons. The molecule has 4 aliphatic rings. The minimum atomic E-state index is -3.31. The Kier molecular flexibility index (Phi) is 8.42. The van der Waals surface area contributed by atoms with Gasteiger partial charge in [-0.3, -0.25) is 29.2 Å². The van der Waals surface area contributed by atoms with Crippen LogP contribution in [0.2, 0.25) is 0 Å². The minimum Gasteiger partial charge on any atom is -0.451 e. The highest BCUT2D eigenvalue weighted by molar-refractivity contribution is 7.91. The van der Waals surface area contributed by atoms with Gasteiger partial charge in [0.2, 0.25) is 5.91 Å². The molecule has 3 N–H and O–H groups in total. The molecule has 1 aliphatic carbocycles. The molecule has 1 aromatic heterocycles. The van der Waals surface area contributed by atoms with Crippen molar-refractivity contribution in [2.75, 3.05) is 18.1 Å². The maximum atomic E-state index is 13.9. The van der Waals surface area contributed by atoms with E-state index in [1.54, 1.807) is 19.1 Å². The fraction of sp³-hybridized carbons (Fsp3) is 0.531. The van der Waals surface area contributed by atoms with Gasteiger partial charge in [0.05, 0.1) is 34.2 Å². The molecule has 3 fully saturated rings. The van der Waals surface area contributed by atoms with E-state index in [-0.39, 0.29) is 36.2 Å². The number of aromatic nitrogens is 1. The summed E-state index contributed by atoms with van der Waals surface area (Å²) in [5.74, 6) is -2.43. The van der Waals surface area contributed by atoms with E-state index in [0.29, 0.717) is 43.4 Å². The van der Waals surface area contributed by atoms with E-state index in [9.17, 15) is 27.6 Å². The Labute approximate surface area is 262 Å². The molecule has 3 amide bonds. The number of nitrogens with one attached hydrogen (secondary N) is 3. The highest BCUT2D eigenvalue weighted by atomic mass is 32.2. The number of rotatable bonds is 1. The number of carbonyl (C=O) groups is 4. The number of hydrogen-bond donors (Lipinski definition) is 3. The van der Waals surface area contributed by atoms with Crippen LogP contribution in [-0.4, -0.2) is 78.3 Å². The monoisotopic (exact) mass is 637 g/mol. The molecule has 2 aromatic rings. The third-order valence-electron chi connectivity index (χ3n) is 9.30. The number of sulfone groups is 1. The fourth-order valence-electron chi connectivity index (χ4n) is 6.20. The number of esters is 1. The van der Waals surface area contributed by atoms with Crippen molar-refractivity contribution in [3.05, 3.63) is 47.7 Å². The molecule has 5 bridgehead atoms. The van der Waals surface area contributed by atoms with Gasteiger partial charge in [0, 0.05) is 17.8 Å². The van der Waals surface area contributed by atoms with E-state index < -0.39 is 57.3 Å². The number of cyclic esters (lactones) is 1. The Balaban J connectivity index is 1.37. The molecule has 4 heterocycles. The van der Waals surface area contributed by atoms with Crippen molar-refractivity contribution in [1.82, 2.24) is 26.1 Å². The second-order valence-electron chi connectivity index (χ2n) is 12.8. The third kappa shape index (κ3) is 6.74. The van der Waals surface area contributed by atoms with Crippen LogP contribution in [0.15, 0.2) is 36.4 Å². The number of benzene rings is 1. The molecule has 6 rings (SSSR count). The number of nitrogens with zero attached hydrogens (tertiary/aromatic N) is 2. The molecule has 0 radical (unpaired) electrons. The zero-order valence-corrected chi connectivity index (χ0v) is 26.3. The summed E-state index contributed by atoms with van der Waals surface area (Å²) in [6, 6.07) is 7.45. The van der Waals surface area contributed by atoms with Gasteiger partial charge in [-0.05, 0) is 70.1 Å². The maximum absolute atomic E-state index is 13.9. The zero-order chi connectivity index (χ0) is 31.9. The van der Waals surface area contributed by atoms with Gasteiger partial charge in [0.25, 0.3) is 11.8 Å². The standard InChI is InChI=1S/C32H39N5O7S/c1-19-24-10-9-22-6-5-21(18-26(22)35-24)11-12-32(13-16-45(42,43)17-14-32)31(41)44-27(23-7-8-23)29(39)34-20(2)30(40)37-15-3-4-25(36-37)28(38)33-19/h5-6,9-12,18-20,23,25,27,36H,3-4,7-8,13-17H2,1-2H3,(H,33,38)(H,34,39)/b12-11+/t19-,20+,25+,27?/m1/s1. The summed E-state index contributed by atoms with van der Waals surface area (Å²) in [5.41, 5.74) is 3.88. The van der Waals surface area contributed by atoms with Crippen LogP contribution in [0.25, 0.3) is 17.0 Å². The molecule has 1 aromatic carbocycles. The minimum absolute atomic E-state index is 0.0353. The van der Waals surface area contributed by atoms with E-state index in [4.69, 9.17) is 9.72 Å².